The average Bonchev–Trinajstić information content (AvgIpc) is 2.64. The van der Waals surface area contributed by atoms with Crippen LogP contribution in [-0.2, 0) is 4.74 Å². The molecule has 3 aromatic rings. The Morgan fingerprint density at radius 1 is 1.12 bits per heavy atom. The summed E-state index contributed by atoms with van der Waals surface area (Å²) >= 11 is 5.89. The lowest BCUT2D eigenvalue weighted by molar-refractivity contribution is 0.0514. The van der Waals surface area contributed by atoms with Crippen molar-refractivity contribution < 1.29 is 14.3 Å². The van der Waals surface area contributed by atoms with Gasteiger partial charge in [-0.05, 0) is 44.2 Å². The van der Waals surface area contributed by atoms with E-state index in [1.165, 1.54) is 0 Å². The molecule has 0 aliphatic rings. The average molecular weight is 370 g/mol. The summed E-state index contributed by atoms with van der Waals surface area (Å²) in [5, 5.41) is 8.60. The van der Waals surface area contributed by atoms with Crippen LogP contribution in [0.1, 0.15) is 23.0 Å². The van der Waals surface area contributed by atoms with Crippen LogP contribution in [-0.4, -0.2) is 27.8 Å². The van der Waals surface area contributed by atoms with Crippen molar-refractivity contribution in [2.24, 2.45) is 0 Å². The second kappa shape index (κ2) is 7.93. The molecule has 6 nitrogen and oxygen atoms in total. The van der Waals surface area contributed by atoms with Gasteiger partial charge in [-0.2, -0.15) is 4.98 Å². The van der Waals surface area contributed by atoms with Gasteiger partial charge in [-0.3, -0.25) is 0 Å². The number of hydrogen-bond donors (Lipinski definition) is 0. The molecule has 0 aliphatic carbocycles. The van der Waals surface area contributed by atoms with Gasteiger partial charge in [0.25, 0.3) is 5.88 Å². The largest absolute Gasteiger partial charge is 0.461 e. The van der Waals surface area contributed by atoms with Crippen molar-refractivity contribution in [2.75, 3.05) is 6.61 Å². The number of aryl methyl sites for hydroxylation is 1. The Morgan fingerprint density at radius 2 is 1.88 bits per heavy atom. The van der Waals surface area contributed by atoms with Crippen LogP contribution in [0.25, 0.3) is 11.4 Å². The van der Waals surface area contributed by atoms with Gasteiger partial charge in [-0.25, -0.2) is 4.79 Å². The quantitative estimate of drug-likeness (QED) is 0.618. The highest BCUT2D eigenvalue weighted by molar-refractivity contribution is 6.30. The number of rotatable bonds is 5. The topological polar surface area (TPSA) is 74.2 Å². The smallest absolute Gasteiger partial charge is 0.364 e. The van der Waals surface area contributed by atoms with Crippen LogP contribution in [0.5, 0.6) is 11.6 Å². The molecule has 0 bridgehead atoms. The summed E-state index contributed by atoms with van der Waals surface area (Å²) in [4.78, 5) is 16.5. The third-order valence-electron chi connectivity index (χ3n) is 3.43. The highest BCUT2D eigenvalue weighted by Crippen LogP contribution is 2.26. The van der Waals surface area contributed by atoms with E-state index in [1.54, 1.807) is 31.2 Å². The van der Waals surface area contributed by atoms with Crippen LogP contribution < -0.4 is 4.74 Å². The highest BCUT2D eigenvalue weighted by atomic mass is 35.5. The van der Waals surface area contributed by atoms with Gasteiger partial charge in [0.15, 0.2) is 5.82 Å². The van der Waals surface area contributed by atoms with Gasteiger partial charge in [-0.1, -0.05) is 35.4 Å². The van der Waals surface area contributed by atoms with Crippen LogP contribution in [0.4, 0.5) is 0 Å². The Bertz CT molecular complexity index is 930. The molecule has 132 valence electrons. The molecule has 0 fully saturated rings. The summed E-state index contributed by atoms with van der Waals surface area (Å²) in [5.74, 6) is 0.200. The van der Waals surface area contributed by atoms with Crippen LogP contribution >= 0.6 is 11.6 Å². The zero-order chi connectivity index (χ0) is 18.5. The summed E-state index contributed by atoms with van der Waals surface area (Å²) < 4.78 is 10.8. The first-order valence-electron chi connectivity index (χ1n) is 7.99. The van der Waals surface area contributed by atoms with Crippen LogP contribution in [0.15, 0.2) is 48.5 Å². The number of carbonyl (C=O) groups excluding carboxylic acids is 1. The standard InChI is InChI=1S/C19H16ClN3O3/c1-3-25-19(24)16-18(26-15-9-7-14(20)8-10-15)21-17(23-22-16)13-6-4-5-12(2)11-13/h4-11H,3H2,1-2H3. The molecule has 2 aromatic carbocycles. The number of aromatic nitrogens is 3. The van der Waals surface area contributed by atoms with Gasteiger partial charge in [0.1, 0.15) is 5.75 Å². The zero-order valence-corrected chi connectivity index (χ0v) is 15.0. The van der Waals surface area contributed by atoms with Gasteiger partial charge in [-0.15, -0.1) is 10.2 Å². The van der Waals surface area contributed by atoms with E-state index in [-0.39, 0.29) is 18.2 Å². The van der Waals surface area contributed by atoms with Crippen LogP contribution in [0.3, 0.4) is 0 Å². The zero-order valence-electron chi connectivity index (χ0n) is 14.3. The first kappa shape index (κ1) is 17.8. The molecular formula is C19H16ClN3O3. The Morgan fingerprint density at radius 3 is 2.58 bits per heavy atom. The summed E-state index contributed by atoms with van der Waals surface area (Å²) in [6, 6.07) is 14.3. The molecule has 0 radical (unpaired) electrons. The molecule has 26 heavy (non-hydrogen) atoms. The predicted octanol–water partition coefficient (Wildman–Crippen LogP) is 4.47. The normalized spacial score (nSPS) is 10.4. The molecule has 0 saturated heterocycles. The fourth-order valence-corrected chi connectivity index (χ4v) is 2.36. The van der Waals surface area contributed by atoms with Crippen LogP contribution in [0.2, 0.25) is 5.02 Å². The minimum Gasteiger partial charge on any atom is -0.461 e. The number of ether oxygens (including phenoxy) is 2. The Labute approximate surface area is 155 Å². The first-order chi connectivity index (χ1) is 12.6. The van der Waals surface area contributed by atoms with Gasteiger partial charge in [0, 0.05) is 10.6 Å². The van der Waals surface area contributed by atoms with E-state index in [0.717, 1.165) is 11.1 Å². The third kappa shape index (κ3) is 4.15. The maximum Gasteiger partial charge on any atom is 0.364 e. The van der Waals surface area contributed by atoms with Crippen molar-refractivity contribution in [3.63, 3.8) is 0 Å². The summed E-state index contributed by atoms with van der Waals surface area (Å²) in [6.45, 7) is 3.88. The number of nitrogens with zero attached hydrogens (tertiary/aromatic N) is 3. The SMILES string of the molecule is CCOC(=O)c1nnc(-c2cccc(C)c2)nc1Oc1ccc(Cl)cc1. The summed E-state index contributed by atoms with van der Waals surface area (Å²) in [5.41, 5.74) is 1.74. The molecule has 0 spiro atoms. The van der Waals surface area contributed by atoms with Crippen molar-refractivity contribution >= 4 is 17.6 Å². The minimum absolute atomic E-state index is 0.0253. The number of esters is 1. The molecule has 0 atom stereocenters. The van der Waals surface area contributed by atoms with Crippen molar-refractivity contribution in [1.29, 1.82) is 0 Å². The maximum absolute atomic E-state index is 12.1. The molecule has 0 N–H and O–H groups in total. The first-order valence-corrected chi connectivity index (χ1v) is 8.37. The van der Waals surface area contributed by atoms with Crippen molar-refractivity contribution in [3.8, 4) is 23.0 Å². The Balaban J connectivity index is 2.02. The van der Waals surface area contributed by atoms with Gasteiger partial charge >= 0.3 is 5.97 Å². The minimum atomic E-state index is -0.646. The Hall–Kier alpha value is -2.99. The van der Waals surface area contributed by atoms with Gasteiger partial charge in [0.2, 0.25) is 5.69 Å². The highest BCUT2D eigenvalue weighted by Gasteiger charge is 2.21. The van der Waals surface area contributed by atoms with Crippen molar-refractivity contribution in [3.05, 3.63) is 64.8 Å². The molecule has 1 aromatic heterocycles. The third-order valence-corrected chi connectivity index (χ3v) is 3.68. The number of benzene rings is 2. The Kier molecular flexibility index (Phi) is 5.43. The van der Waals surface area contributed by atoms with E-state index in [2.05, 4.69) is 15.2 Å². The number of halogens is 1. The van der Waals surface area contributed by atoms with E-state index in [0.29, 0.717) is 16.6 Å². The maximum atomic E-state index is 12.1. The lowest BCUT2D eigenvalue weighted by Crippen LogP contribution is -2.12. The van der Waals surface area contributed by atoms with Crippen molar-refractivity contribution in [1.82, 2.24) is 15.2 Å². The van der Waals surface area contributed by atoms with Crippen LogP contribution in [0, 0.1) is 6.92 Å². The number of carbonyl (C=O) groups is 1. The second-order valence-electron chi connectivity index (χ2n) is 5.44. The van der Waals surface area contributed by atoms with E-state index in [9.17, 15) is 4.79 Å². The molecule has 1 heterocycles. The monoisotopic (exact) mass is 369 g/mol. The fourth-order valence-electron chi connectivity index (χ4n) is 2.23. The summed E-state index contributed by atoms with van der Waals surface area (Å²) in [6.07, 6.45) is 0. The molecule has 7 heteroatoms. The lowest BCUT2D eigenvalue weighted by Gasteiger charge is -2.10. The predicted molar refractivity (Wildman–Crippen MR) is 97.5 cm³/mol. The molecular weight excluding hydrogens is 354 g/mol. The molecule has 3 rings (SSSR count). The molecule has 0 saturated carbocycles. The lowest BCUT2D eigenvalue weighted by atomic mass is 10.1. The molecule has 0 unspecified atom stereocenters. The van der Waals surface area contributed by atoms with E-state index in [4.69, 9.17) is 21.1 Å². The summed E-state index contributed by atoms with van der Waals surface area (Å²) in [7, 11) is 0. The molecule has 0 amide bonds. The fraction of sp³-hybridized carbons (Fsp3) is 0.158. The van der Waals surface area contributed by atoms with Gasteiger partial charge in [0.05, 0.1) is 6.61 Å². The molecule has 0 aliphatic heterocycles. The van der Waals surface area contributed by atoms with Gasteiger partial charge < -0.3 is 9.47 Å². The van der Waals surface area contributed by atoms with E-state index in [1.807, 2.05) is 31.2 Å². The second-order valence-corrected chi connectivity index (χ2v) is 5.87. The van der Waals surface area contributed by atoms with E-state index >= 15 is 0 Å². The van der Waals surface area contributed by atoms with Crippen molar-refractivity contribution in [2.45, 2.75) is 13.8 Å². The van der Waals surface area contributed by atoms with E-state index < -0.39 is 5.97 Å². The number of hydrogen-bond acceptors (Lipinski definition) is 6.